The lowest BCUT2D eigenvalue weighted by molar-refractivity contribution is 0.0773. The van der Waals surface area contributed by atoms with E-state index in [9.17, 15) is 0 Å². The first-order chi connectivity index (χ1) is 5.36. The van der Waals surface area contributed by atoms with E-state index in [4.69, 9.17) is 15.2 Å². The van der Waals surface area contributed by atoms with Crippen LogP contribution >= 0.6 is 0 Å². The van der Waals surface area contributed by atoms with Crippen molar-refractivity contribution in [3.63, 3.8) is 0 Å². The van der Waals surface area contributed by atoms with E-state index >= 15 is 0 Å². The normalized spacial score (nSPS) is 33.3. The molecule has 11 heavy (non-hydrogen) atoms. The Balaban J connectivity index is 2.33. The van der Waals surface area contributed by atoms with E-state index in [1.807, 2.05) is 0 Å². The Labute approximate surface area is 67.9 Å². The first-order valence-corrected chi connectivity index (χ1v) is 4.17. The van der Waals surface area contributed by atoms with Crippen molar-refractivity contribution in [3.05, 3.63) is 0 Å². The maximum absolute atomic E-state index is 5.55. The van der Waals surface area contributed by atoms with E-state index in [0.29, 0.717) is 18.6 Å². The third-order valence-electron chi connectivity index (χ3n) is 2.20. The van der Waals surface area contributed by atoms with Crippen LogP contribution in [0.5, 0.6) is 0 Å². The van der Waals surface area contributed by atoms with Crippen LogP contribution in [-0.4, -0.2) is 33.0 Å². The van der Waals surface area contributed by atoms with Gasteiger partial charge in [-0.2, -0.15) is 0 Å². The Bertz CT molecular complexity index is 96.3. The average Bonchev–Trinajstić information content (AvgIpc) is 2.28. The van der Waals surface area contributed by atoms with Gasteiger partial charge in [0.15, 0.2) is 0 Å². The summed E-state index contributed by atoms with van der Waals surface area (Å²) in [6, 6.07) is 0. The second kappa shape index (κ2) is 4.70. The summed E-state index contributed by atoms with van der Waals surface area (Å²) in [7, 11) is 1.75. The van der Waals surface area contributed by atoms with Crippen molar-refractivity contribution in [1.82, 2.24) is 0 Å². The fourth-order valence-corrected chi connectivity index (χ4v) is 1.40. The van der Waals surface area contributed by atoms with Gasteiger partial charge < -0.3 is 15.2 Å². The lowest BCUT2D eigenvalue weighted by Gasteiger charge is -2.15. The summed E-state index contributed by atoms with van der Waals surface area (Å²) in [4.78, 5) is 0. The van der Waals surface area contributed by atoms with Crippen LogP contribution in [0.4, 0.5) is 0 Å². The Kier molecular flexibility index (Phi) is 3.83. The molecule has 1 aliphatic heterocycles. The van der Waals surface area contributed by atoms with Gasteiger partial charge in [-0.25, -0.2) is 0 Å². The molecule has 3 nitrogen and oxygen atoms in total. The fraction of sp³-hybridized carbons (Fsp3) is 1.00. The van der Waals surface area contributed by atoms with Gasteiger partial charge in [0, 0.05) is 13.7 Å². The minimum Gasteiger partial charge on any atom is -0.381 e. The summed E-state index contributed by atoms with van der Waals surface area (Å²) >= 11 is 0. The molecule has 1 rings (SSSR count). The number of methoxy groups -OCH3 is 1. The van der Waals surface area contributed by atoms with E-state index in [1.165, 1.54) is 0 Å². The van der Waals surface area contributed by atoms with E-state index < -0.39 is 0 Å². The first kappa shape index (κ1) is 8.97. The smallest absolute Gasteiger partial charge is 0.0597 e. The number of hydrogen-bond donors (Lipinski definition) is 1. The Morgan fingerprint density at radius 2 is 2.45 bits per heavy atom. The summed E-state index contributed by atoms with van der Waals surface area (Å²) in [5.41, 5.74) is 5.55. The van der Waals surface area contributed by atoms with Crippen LogP contribution in [0.15, 0.2) is 0 Å². The highest BCUT2D eigenvalue weighted by Gasteiger charge is 2.18. The van der Waals surface area contributed by atoms with Crippen molar-refractivity contribution in [2.75, 3.05) is 26.9 Å². The molecule has 1 aliphatic rings. The SMILES string of the molecule is CO[C@H]1CCOC[C@@H](CN)C1. The van der Waals surface area contributed by atoms with Gasteiger partial charge in [-0.3, -0.25) is 0 Å². The molecule has 2 atom stereocenters. The Morgan fingerprint density at radius 3 is 3.09 bits per heavy atom. The maximum atomic E-state index is 5.55. The monoisotopic (exact) mass is 159 g/mol. The molecule has 1 saturated heterocycles. The van der Waals surface area contributed by atoms with Gasteiger partial charge in [-0.05, 0) is 25.3 Å². The molecule has 0 aromatic carbocycles. The minimum absolute atomic E-state index is 0.353. The van der Waals surface area contributed by atoms with Gasteiger partial charge in [0.2, 0.25) is 0 Å². The van der Waals surface area contributed by atoms with Crippen molar-refractivity contribution in [3.8, 4) is 0 Å². The largest absolute Gasteiger partial charge is 0.381 e. The molecule has 1 fully saturated rings. The predicted octanol–water partition coefficient (Wildman–Crippen LogP) is 0.387. The standard InChI is InChI=1S/C8H17NO2/c1-10-8-2-3-11-6-7(4-8)5-9/h7-8H,2-6,9H2,1H3/t7-,8+/m1/s1. The zero-order valence-electron chi connectivity index (χ0n) is 7.08. The number of nitrogens with two attached hydrogens (primary N) is 1. The number of rotatable bonds is 2. The fourth-order valence-electron chi connectivity index (χ4n) is 1.40. The van der Waals surface area contributed by atoms with Crippen molar-refractivity contribution in [2.24, 2.45) is 11.7 Å². The molecular formula is C8H17NO2. The third kappa shape index (κ3) is 2.77. The third-order valence-corrected chi connectivity index (χ3v) is 2.20. The van der Waals surface area contributed by atoms with Crippen molar-refractivity contribution in [2.45, 2.75) is 18.9 Å². The average molecular weight is 159 g/mol. The summed E-state index contributed by atoms with van der Waals surface area (Å²) in [6.07, 6.45) is 2.41. The summed E-state index contributed by atoms with van der Waals surface area (Å²) < 4.78 is 10.6. The highest BCUT2D eigenvalue weighted by atomic mass is 16.5. The molecule has 66 valence electrons. The highest BCUT2D eigenvalue weighted by molar-refractivity contribution is 4.69. The molecule has 0 spiro atoms. The molecular weight excluding hydrogens is 142 g/mol. The Hall–Kier alpha value is -0.120. The van der Waals surface area contributed by atoms with Crippen LogP contribution in [0.25, 0.3) is 0 Å². The van der Waals surface area contributed by atoms with Gasteiger partial charge in [0.05, 0.1) is 12.7 Å². The van der Waals surface area contributed by atoms with Crippen LogP contribution < -0.4 is 5.73 Å². The topological polar surface area (TPSA) is 44.5 Å². The molecule has 0 amide bonds. The molecule has 0 bridgehead atoms. The quantitative estimate of drug-likeness (QED) is 0.633. The van der Waals surface area contributed by atoms with Gasteiger partial charge in [-0.15, -0.1) is 0 Å². The van der Waals surface area contributed by atoms with Gasteiger partial charge >= 0.3 is 0 Å². The van der Waals surface area contributed by atoms with E-state index in [0.717, 1.165) is 26.1 Å². The zero-order chi connectivity index (χ0) is 8.10. The van der Waals surface area contributed by atoms with Gasteiger partial charge in [-0.1, -0.05) is 0 Å². The Morgan fingerprint density at radius 1 is 1.64 bits per heavy atom. The zero-order valence-corrected chi connectivity index (χ0v) is 7.08. The summed E-state index contributed by atoms with van der Waals surface area (Å²) in [6.45, 7) is 2.32. The van der Waals surface area contributed by atoms with Crippen molar-refractivity contribution < 1.29 is 9.47 Å². The van der Waals surface area contributed by atoms with Crippen LogP contribution in [0, 0.1) is 5.92 Å². The maximum Gasteiger partial charge on any atom is 0.0597 e. The predicted molar refractivity (Wildman–Crippen MR) is 43.4 cm³/mol. The molecule has 0 unspecified atom stereocenters. The second-order valence-corrected chi connectivity index (χ2v) is 3.06. The molecule has 0 aliphatic carbocycles. The molecule has 3 heteroatoms. The van der Waals surface area contributed by atoms with E-state index in [-0.39, 0.29) is 0 Å². The van der Waals surface area contributed by atoms with Gasteiger partial charge in [0.25, 0.3) is 0 Å². The summed E-state index contributed by atoms with van der Waals surface area (Å²) in [5, 5.41) is 0. The first-order valence-electron chi connectivity index (χ1n) is 4.17. The highest BCUT2D eigenvalue weighted by Crippen LogP contribution is 2.15. The molecule has 0 aromatic heterocycles. The van der Waals surface area contributed by atoms with Crippen LogP contribution in [0.1, 0.15) is 12.8 Å². The lowest BCUT2D eigenvalue weighted by atomic mass is 10.0. The molecule has 2 N–H and O–H groups in total. The lowest BCUT2D eigenvalue weighted by Crippen LogP contribution is -2.22. The molecule has 0 saturated carbocycles. The number of ether oxygens (including phenoxy) is 2. The van der Waals surface area contributed by atoms with Crippen LogP contribution in [0.3, 0.4) is 0 Å². The minimum atomic E-state index is 0.353. The molecule has 0 radical (unpaired) electrons. The van der Waals surface area contributed by atoms with Crippen LogP contribution in [0.2, 0.25) is 0 Å². The molecule has 0 aromatic rings. The van der Waals surface area contributed by atoms with Crippen molar-refractivity contribution >= 4 is 0 Å². The second-order valence-electron chi connectivity index (χ2n) is 3.06. The number of hydrogen-bond acceptors (Lipinski definition) is 3. The van der Waals surface area contributed by atoms with Crippen molar-refractivity contribution in [1.29, 1.82) is 0 Å². The van der Waals surface area contributed by atoms with E-state index in [2.05, 4.69) is 0 Å². The van der Waals surface area contributed by atoms with Crippen LogP contribution in [-0.2, 0) is 9.47 Å². The van der Waals surface area contributed by atoms with Gasteiger partial charge in [0.1, 0.15) is 0 Å². The summed E-state index contributed by atoms with van der Waals surface area (Å²) in [5.74, 6) is 0.488. The molecule has 1 heterocycles. The van der Waals surface area contributed by atoms with E-state index in [1.54, 1.807) is 7.11 Å².